The van der Waals surface area contributed by atoms with Crippen molar-refractivity contribution in [2.24, 2.45) is 5.73 Å². The summed E-state index contributed by atoms with van der Waals surface area (Å²) in [5, 5.41) is 6.62. The largest absolute Gasteiger partial charge is 0.473 e. The molecule has 1 aliphatic heterocycles. The second kappa shape index (κ2) is 8.32. The number of aromatic nitrogens is 2. The number of nitrogens with one attached hydrogen (secondary N) is 1. The van der Waals surface area contributed by atoms with Crippen LogP contribution in [0.4, 0.5) is 18.0 Å². The van der Waals surface area contributed by atoms with E-state index in [0.717, 1.165) is 4.90 Å². The maximum atomic E-state index is 12.5. The minimum Gasteiger partial charge on any atom is -0.473 e. The summed E-state index contributed by atoms with van der Waals surface area (Å²) in [6, 6.07) is 2.95. The van der Waals surface area contributed by atoms with Crippen molar-refractivity contribution in [1.82, 2.24) is 19.8 Å². The van der Waals surface area contributed by atoms with Gasteiger partial charge in [0.25, 0.3) is 11.8 Å². The SMILES string of the molecule is NC(=O)c1c(O[C@H]2CC[C@H](N3C(=O)NC(CCC(F)(F)F)C3=O)CC2)nn2ccccc12. The Morgan fingerprint density at radius 2 is 1.94 bits per heavy atom. The molecule has 4 rings (SSSR count). The molecule has 1 atom stereocenters. The molecule has 1 saturated carbocycles. The van der Waals surface area contributed by atoms with Crippen LogP contribution in [0, 0.1) is 0 Å². The molecule has 2 aromatic rings. The van der Waals surface area contributed by atoms with E-state index in [4.69, 9.17) is 10.5 Å². The number of primary amides is 1. The summed E-state index contributed by atoms with van der Waals surface area (Å²) >= 11 is 0. The maximum Gasteiger partial charge on any atom is 0.389 e. The first kappa shape index (κ1) is 21.9. The van der Waals surface area contributed by atoms with Gasteiger partial charge in [0.05, 0.1) is 5.52 Å². The van der Waals surface area contributed by atoms with Gasteiger partial charge >= 0.3 is 12.2 Å². The Morgan fingerprint density at radius 3 is 2.59 bits per heavy atom. The van der Waals surface area contributed by atoms with Gasteiger partial charge in [-0.3, -0.25) is 14.5 Å². The molecule has 2 fully saturated rings. The zero-order valence-corrected chi connectivity index (χ0v) is 17.0. The van der Waals surface area contributed by atoms with E-state index in [0.29, 0.717) is 31.2 Å². The Hall–Kier alpha value is -3.31. The number of amides is 4. The van der Waals surface area contributed by atoms with Crippen molar-refractivity contribution in [1.29, 1.82) is 0 Å². The van der Waals surface area contributed by atoms with E-state index >= 15 is 0 Å². The van der Waals surface area contributed by atoms with Crippen LogP contribution in [0.3, 0.4) is 0 Å². The summed E-state index contributed by atoms with van der Waals surface area (Å²) < 4.78 is 44.8. The van der Waals surface area contributed by atoms with Crippen LogP contribution in [0.25, 0.3) is 5.52 Å². The van der Waals surface area contributed by atoms with Gasteiger partial charge in [0.2, 0.25) is 5.88 Å². The first-order valence-corrected chi connectivity index (χ1v) is 10.3. The number of urea groups is 1. The summed E-state index contributed by atoms with van der Waals surface area (Å²) in [7, 11) is 0. The molecule has 2 aromatic heterocycles. The summed E-state index contributed by atoms with van der Waals surface area (Å²) in [6.45, 7) is 0. The summed E-state index contributed by atoms with van der Waals surface area (Å²) in [5.74, 6) is -1.17. The molecule has 32 heavy (non-hydrogen) atoms. The summed E-state index contributed by atoms with van der Waals surface area (Å²) in [6.07, 6.45) is -2.86. The average molecular weight is 453 g/mol. The molecule has 1 saturated heterocycles. The van der Waals surface area contributed by atoms with Crippen LogP contribution in [0.2, 0.25) is 0 Å². The van der Waals surface area contributed by atoms with Crippen molar-refractivity contribution in [2.45, 2.75) is 62.9 Å². The molecule has 0 spiro atoms. The highest BCUT2D eigenvalue weighted by molar-refractivity contribution is 6.04. The Labute approximate surface area is 180 Å². The standard InChI is InChI=1S/C20H22F3N5O4/c21-20(22,23)9-8-13-18(30)28(19(31)25-13)11-4-6-12(7-5-11)32-17-15(16(24)29)14-3-1-2-10-27(14)26-17/h1-3,10-13H,4-9H2,(H2,24,29)(H,25,31)/t11-,12-,13?. The fourth-order valence-corrected chi connectivity index (χ4v) is 4.27. The lowest BCUT2D eigenvalue weighted by Crippen LogP contribution is -2.44. The van der Waals surface area contributed by atoms with Crippen LogP contribution in [0.15, 0.2) is 24.4 Å². The number of carbonyl (C=O) groups excluding carboxylic acids is 3. The van der Waals surface area contributed by atoms with Crippen LogP contribution >= 0.6 is 0 Å². The third-order valence-electron chi connectivity index (χ3n) is 5.81. The van der Waals surface area contributed by atoms with E-state index in [1.165, 1.54) is 4.52 Å². The lowest BCUT2D eigenvalue weighted by molar-refractivity contribution is -0.140. The van der Waals surface area contributed by atoms with Gasteiger partial charge in [-0.05, 0) is 44.2 Å². The topological polar surface area (TPSA) is 119 Å². The molecule has 3 N–H and O–H groups in total. The van der Waals surface area contributed by atoms with Gasteiger partial charge < -0.3 is 15.8 Å². The second-order valence-corrected chi connectivity index (χ2v) is 7.99. The van der Waals surface area contributed by atoms with Crippen molar-refractivity contribution in [3.63, 3.8) is 0 Å². The molecule has 1 unspecified atom stereocenters. The van der Waals surface area contributed by atoms with Gasteiger partial charge in [-0.2, -0.15) is 13.2 Å². The molecular formula is C20H22F3N5O4. The predicted molar refractivity (Wildman–Crippen MR) is 105 cm³/mol. The molecule has 9 nitrogen and oxygen atoms in total. The summed E-state index contributed by atoms with van der Waals surface area (Å²) in [5.41, 5.74) is 6.20. The Morgan fingerprint density at radius 1 is 1.22 bits per heavy atom. The number of pyridine rings is 1. The van der Waals surface area contributed by atoms with Gasteiger partial charge in [0, 0.05) is 18.7 Å². The van der Waals surface area contributed by atoms with Crippen molar-refractivity contribution in [3.05, 3.63) is 30.0 Å². The third kappa shape index (κ3) is 4.34. The maximum absolute atomic E-state index is 12.5. The fourth-order valence-electron chi connectivity index (χ4n) is 4.27. The van der Waals surface area contributed by atoms with E-state index in [2.05, 4.69) is 10.4 Å². The first-order chi connectivity index (χ1) is 15.1. The Balaban J connectivity index is 1.38. The number of alkyl halides is 3. The zero-order chi connectivity index (χ0) is 23.0. The van der Waals surface area contributed by atoms with Crippen LogP contribution < -0.4 is 15.8 Å². The number of rotatable bonds is 6. The number of ether oxygens (including phenoxy) is 1. The van der Waals surface area contributed by atoms with Crippen LogP contribution in [0.1, 0.15) is 48.9 Å². The molecular weight excluding hydrogens is 431 g/mol. The van der Waals surface area contributed by atoms with E-state index in [1.807, 2.05) is 0 Å². The molecule has 172 valence electrons. The molecule has 2 aliphatic rings. The van der Waals surface area contributed by atoms with Crippen molar-refractivity contribution >= 4 is 23.4 Å². The number of nitrogens with zero attached hydrogens (tertiary/aromatic N) is 3. The lowest BCUT2D eigenvalue weighted by atomic mass is 9.91. The number of fused-ring (bicyclic) bond motifs is 1. The smallest absolute Gasteiger partial charge is 0.389 e. The molecule has 0 aromatic carbocycles. The molecule has 4 amide bonds. The number of halogens is 3. The van der Waals surface area contributed by atoms with E-state index in [-0.39, 0.29) is 17.5 Å². The molecule has 0 radical (unpaired) electrons. The van der Waals surface area contributed by atoms with Gasteiger partial charge in [0.1, 0.15) is 17.7 Å². The van der Waals surface area contributed by atoms with Gasteiger partial charge in [-0.25, -0.2) is 9.31 Å². The summed E-state index contributed by atoms with van der Waals surface area (Å²) in [4.78, 5) is 37.7. The van der Waals surface area contributed by atoms with Crippen LogP contribution in [-0.4, -0.2) is 56.7 Å². The Kier molecular flexibility index (Phi) is 5.70. The van der Waals surface area contributed by atoms with Gasteiger partial charge in [-0.15, -0.1) is 5.10 Å². The number of nitrogens with two attached hydrogens (primary N) is 1. The van der Waals surface area contributed by atoms with Gasteiger partial charge in [0.15, 0.2) is 0 Å². The number of hydrogen-bond acceptors (Lipinski definition) is 5. The zero-order valence-electron chi connectivity index (χ0n) is 17.0. The Bertz CT molecular complexity index is 1050. The normalized spacial score (nSPS) is 24.1. The quantitative estimate of drug-likeness (QED) is 0.651. The minimum absolute atomic E-state index is 0.120. The lowest BCUT2D eigenvalue weighted by Gasteiger charge is -2.32. The second-order valence-electron chi connectivity index (χ2n) is 7.99. The van der Waals surface area contributed by atoms with Crippen molar-refractivity contribution < 1.29 is 32.3 Å². The molecule has 3 heterocycles. The van der Waals surface area contributed by atoms with Gasteiger partial charge in [-0.1, -0.05) is 6.07 Å². The van der Waals surface area contributed by atoms with Crippen LogP contribution in [-0.2, 0) is 4.79 Å². The van der Waals surface area contributed by atoms with E-state index in [1.54, 1.807) is 24.4 Å². The number of hydrogen-bond donors (Lipinski definition) is 2. The third-order valence-corrected chi connectivity index (χ3v) is 5.81. The highest BCUT2D eigenvalue weighted by Crippen LogP contribution is 2.31. The predicted octanol–water partition coefficient (Wildman–Crippen LogP) is 2.39. The fraction of sp³-hybridized carbons (Fsp3) is 0.500. The van der Waals surface area contributed by atoms with Crippen molar-refractivity contribution in [3.8, 4) is 5.88 Å². The highest BCUT2D eigenvalue weighted by atomic mass is 19.4. The first-order valence-electron chi connectivity index (χ1n) is 10.3. The number of carbonyl (C=O) groups is 3. The average Bonchev–Trinajstić information content (AvgIpc) is 3.23. The molecule has 0 bridgehead atoms. The van der Waals surface area contributed by atoms with Crippen LogP contribution in [0.5, 0.6) is 5.88 Å². The molecule has 1 aliphatic carbocycles. The molecule has 12 heteroatoms. The van der Waals surface area contributed by atoms with E-state index < -0.39 is 48.9 Å². The minimum atomic E-state index is -4.39. The highest BCUT2D eigenvalue weighted by Gasteiger charge is 2.44. The number of imide groups is 1. The monoisotopic (exact) mass is 453 g/mol. The van der Waals surface area contributed by atoms with E-state index in [9.17, 15) is 27.6 Å². The van der Waals surface area contributed by atoms with Crippen molar-refractivity contribution in [2.75, 3.05) is 0 Å².